The van der Waals surface area contributed by atoms with Crippen molar-refractivity contribution >= 4 is 0 Å². The van der Waals surface area contributed by atoms with E-state index < -0.39 is 0 Å². The highest BCUT2D eigenvalue weighted by Crippen LogP contribution is 2.25. The van der Waals surface area contributed by atoms with E-state index in [2.05, 4.69) is 54.5 Å². The summed E-state index contributed by atoms with van der Waals surface area (Å²) in [5.74, 6) is 0. The summed E-state index contributed by atoms with van der Waals surface area (Å²) >= 11 is 0. The molecule has 1 aliphatic heterocycles. The molecular weight excluding hydrogens is 234 g/mol. The van der Waals surface area contributed by atoms with E-state index >= 15 is 0 Å². The lowest BCUT2D eigenvalue weighted by Gasteiger charge is -2.36. The minimum Gasteiger partial charge on any atom is -0.329 e. The highest BCUT2D eigenvalue weighted by molar-refractivity contribution is 5.19. The molecule has 1 aromatic rings. The molecule has 1 aliphatic rings. The highest BCUT2D eigenvalue weighted by atomic mass is 15.1. The van der Waals surface area contributed by atoms with Crippen molar-refractivity contribution in [3.8, 4) is 0 Å². The van der Waals surface area contributed by atoms with Gasteiger partial charge in [0.25, 0.3) is 0 Å². The second-order valence-electron chi connectivity index (χ2n) is 5.92. The van der Waals surface area contributed by atoms with Crippen LogP contribution >= 0.6 is 0 Å². The van der Waals surface area contributed by atoms with Crippen molar-refractivity contribution in [2.24, 2.45) is 5.73 Å². The molecule has 0 aromatic heterocycles. The first-order valence-corrected chi connectivity index (χ1v) is 7.36. The zero-order valence-corrected chi connectivity index (χ0v) is 12.2. The van der Waals surface area contributed by atoms with Gasteiger partial charge in [-0.3, -0.25) is 0 Å². The van der Waals surface area contributed by atoms with Gasteiger partial charge >= 0.3 is 0 Å². The lowest BCUT2D eigenvalue weighted by Crippen LogP contribution is -2.52. The maximum absolute atomic E-state index is 6.10. The molecule has 1 fully saturated rings. The van der Waals surface area contributed by atoms with Crippen LogP contribution in [-0.2, 0) is 0 Å². The first-order valence-electron chi connectivity index (χ1n) is 7.36. The summed E-state index contributed by atoms with van der Waals surface area (Å²) in [4.78, 5) is 2.41. The van der Waals surface area contributed by atoms with Gasteiger partial charge in [-0.2, -0.15) is 0 Å². The standard InChI is InChI=1S/C16H27N3/c1-14(15-7-4-3-5-8-15)18-16(13-17)9-6-11-19(2)12-10-16/h3-5,7-8,14,18H,6,9-13,17H2,1-2H3. The first kappa shape index (κ1) is 14.5. The quantitative estimate of drug-likeness (QED) is 0.872. The van der Waals surface area contributed by atoms with Gasteiger partial charge in [0, 0.05) is 18.1 Å². The molecule has 2 rings (SSSR count). The predicted octanol–water partition coefficient (Wildman–Crippen LogP) is 2.15. The minimum atomic E-state index is 0.0972. The van der Waals surface area contributed by atoms with E-state index in [1.54, 1.807) is 0 Å². The van der Waals surface area contributed by atoms with Crippen molar-refractivity contribution in [2.45, 2.75) is 37.8 Å². The summed E-state index contributed by atoms with van der Waals surface area (Å²) in [5, 5.41) is 3.81. The van der Waals surface area contributed by atoms with Gasteiger partial charge in [0.1, 0.15) is 0 Å². The van der Waals surface area contributed by atoms with Crippen LogP contribution in [0.1, 0.15) is 37.8 Å². The van der Waals surface area contributed by atoms with E-state index in [1.807, 2.05) is 0 Å². The smallest absolute Gasteiger partial charge is 0.0322 e. The minimum absolute atomic E-state index is 0.0972. The molecule has 2 unspecified atom stereocenters. The van der Waals surface area contributed by atoms with Gasteiger partial charge in [-0.05, 0) is 51.9 Å². The lowest BCUT2D eigenvalue weighted by molar-refractivity contribution is 0.260. The van der Waals surface area contributed by atoms with Crippen LogP contribution < -0.4 is 11.1 Å². The second kappa shape index (κ2) is 6.51. The van der Waals surface area contributed by atoms with Gasteiger partial charge in [-0.25, -0.2) is 0 Å². The molecule has 1 heterocycles. The van der Waals surface area contributed by atoms with Gasteiger partial charge in [0.2, 0.25) is 0 Å². The molecule has 19 heavy (non-hydrogen) atoms. The van der Waals surface area contributed by atoms with Crippen molar-refractivity contribution in [3.63, 3.8) is 0 Å². The largest absolute Gasteiger partial charge is 0.329 e. The number of rotatable bonds is 4. The Labute approximate surface area is 117 Å². The molecule has 3 heteroatoms. The number of nitrogens with zero attached hydrogens (tertiary/aromatic N) is 1. The number of likely N-dealkylation sites (tertiary alicyclic amines) is 1. The van der Waals surface area contributed by atoms with Gasteiger partial charge < -0.3 is 16.0 Å². The first-order chi connectivity index (χ1) is 9.15. The van der Waals surface area contributed by atoms with Crippen LogP contribution in [0.3, 0.4) is 0 Å². The molecule has 3 N–H and O–H groups in total. The normalized spacial score (nSPS) is 26.9. The van der Waals surface area contributed by atoms with E-state index in [9.17, 15) is 0 Å². The monoisotopic (exact) mass is 261 g/mol. The van der Waals surface area contributed by atoms with Crippen molar-refractivity contribution < 1.29 is 0 Å². The average molecular weight is 261 g/mol. The van der Waals surface area contributed by atoms with E-state index in [-0.39, 0.29) is 5.54 Å². The summed E-state index contributed by atoms with van der Waals surface area (Å²) in [6, 6.07) is 11.0. The second-order valence-corrected chi connectivity index (χ2v) is 5.92. The molecule has 3 nitrogen and oxygen atoms in total. The molecule has 1 aromatic carbocycles. The van der Waals surface area contributed by atoms with Crippen LogP contribution in [0.4, 0.5) is 0 Å². The Bertz CT molecular complexity index is 379. The maximum Gasteiger partial charge on any atom is 0.0322 e. The van der Waals surface area contributed by atoms with Crippen LogP contribution in [-0.4, -0.2) is 37.1 Å². The SMILES string of the molecule is CC(NC1(CN)CCCN(C)CC1)c1ccccc1. The molecule has 0 aliphatic carbocycles. The number of hydrogen-bond donors (Lipinski definition) is 2. The van der Waals surface area contributed by atoms with E-state index in [4.69, 9.17) is 5.73 Å². The Morgan fingerprint density at radius 1 is 1.26 bits per heavy atom. The maximum atomic E-state index is 6.10. The number of nitrogens with one attached hydrogen (secondary N) is 1. The number of benzene rings is 1. The molecule has 0 bridgehead atoms. The van der Waals surface area contributed by atoms with Crippen molar-refractivity contribution in [2.75, 3.05) is 26.7 Å². The Balaban J connectivity index is 2.05. The van der Waals surface area contributed by atoms with Crippen LogP contribution in [0.5, 0.6) is 0 Å². The van der Waals surface area contributed by atoms with E-state index in [0.29, 0.717) is 6.04 Å². The average Bonchev–Trinajstić information content (AvgIpc) is 2.63. The Hall–Kier alpha value is -0.900. The van der Waals surface area contributed by atoms with E-state index in [1.165, 1.54) is 24.9 Å². The van der Waals surface area contributed by atoms with Gasteiger partial charge in [-0.1, -0.05) is 30.3 Å². The van der Waals surface area contributed by atoms with Crippen LogP contribution in [0.15, 0.2) is 30.3 Å². The molecule has 0 saturated carbocycles. The molecule has 0 radical (unpaired) electrons. The number of nitrogens with two attached hydrogens (primary N) is 1. The molecule has 0 spiro atoms. The molecule has 1 saturated heterocycles. The van der Waals surface area contributed by atoms with Crippen molar-refractivity contribution in [1.82, 2.24) is 10.2 Å². The zero-order valence-electron chi connectivity index (χ0n) is 12.2. The molecule has 0 amide bonds. The van der Waals surface area contributed by atoms with Crippen molar-refractivity contribution in [3.05, 3.63) is 35.9 Å². The van der Waals surface area contributed by atoms with Crippen LogP contribution in [0.2, 0.25) is 0 Å². The third-order valence-electron chi connectivity index (χ3n) is 4.38. The summed E-state index contributed by atoms with van der Waals surface area (Å²) in [7, 11) is 2.20. The predicted molar refractivity (Wildman–Crippen MR) is 81.1 cm³/mol. The molecule has 2 atom stereocenters. The van der Waals surface area contributed by atoms with Gasteiger partial charge in [0.05, 0.1) is 0 Å². The fourth-order valence-corrected chi connectivity index (χ4v) is 3.02. The Morgan fingerprint density at radius 3 is 2.68 bits per heavy atom. The molecule has 106 valence electrons. The number of hydrogen-bond acceptors (Lipinski definition) is 3. The third kappa shape index (κ3) is 3.78. The molecular formula is C16H27N3. The van der Waals surface area contributed by atoms with E-state index in [0.717, 1.165) is 19.5 Å². The Morgan fingerprint density at radius 2 is 2.00 bits per heavy atom. The summed E-state index contributed by atoms with van der Waals surface area (Å²) in [5.41, 5.74) is 7.54. The summed E-state index contributed by atoms with van der Waals surface area (Å²) in [6.45, 7) is 5.27. The summed E-state index contributed by atoms with van der Waals surface area (Å²) in [6.07, 6.45) is 3.53. The third-order valence-corrected chi connectivity index (χ3v) is 4.38. The highest BCUT2D eigenvalue weighted by Gasteiger charge is 2.31. The van der Waals surface area contributed by atoms with Gasteiger partial charge in [0.15, 0.2) is 0 Å². The summed E-state index contributed by atoms with van der Waals surface area (Å²) < 4.78 is 0. The fraction of sp³-hybridized carbons (Fsp3) is 0.625. The van der Waals surface area contributed by atoms with Crippen LogP contribution in [0, 0.1) is 0 Å². The fourth-order valence-electron chi connectivity index (χ4n) is 3.02. The lowest BCUT2D eigenvalue weighted by atomic mass is 9.89. The topological polar surface area (TPSA) is 41.3 Å². The van der Waals surface area contributed by atoms with Crippen LogP contribution in [0.25, 0.3) is 0 Å². The zero-order chi connectivity index (χ0) is 13.7. The van der Waals surface area contributed by atoms with Gasteiger partial charge in [-0.15, -0.1) is 0 Å². The Kier molecular flexibility index (Phi) is 4.97. The van der Waals surface area contributed by atoms with Crippen molar-refractivity contribution in [1.29, 1.82) is 0 Å².